The summed E-state index contributed by atoms with van der Waals surface area (Å²) in [5, 5.41) is 8.00. The number of ether oxygens (including phenoxy) is 1. The SMILES string of the molecule is C=CCNC(=O)C(=O)C(CCC)NC(=O)C1C2C(CN1C(=O)C(NC(=O)OCC=C)C1CCCC1)C2(C)C. The molecular weight excluding hydrogens is 488 g/mol. The largest absolute Gasteiger partial charge is 0.445 e. The molecular formula is C28H42N4O6. The van der Waals surface area contributed by atoms with Crippen LogP contribution in [0.2, 0.25) is 0 Å². The number of amides is 4. The van der Waals surface area contributed by atoms with Gasteiger partial charge in [-0.25, -0.2) is 4.79 Å². The summed E-state index contributed by atoms with van der Waals surface area (Å²) in [6.45, 7) is 13.6. The number of alkyl carbamates (subject to hydrolysis) is 1. The van der Waals surface area contributed by atoms with Crippen molar-refractivity contribution in [3.63, 3.8) is 0 Å². The van der Waals surface area contributed by atoms with Crippen molar-refractivity contribution in [1.82, 2.24) is 20.9 Å². The van der Waals surface area contributed by atoms with E-state index in [1.54, 1.807) is 4.90 Å². The van der Waals surface area contributed by atoms with Gasteiger partial charge in [-0.05, 0) is 42.4 Å². The number of rotatable bonds is 13. The number of piperidine rings is 1. The molecule has 1 aliphatic heterocycles. The second-order valence-electron chi connectivity index (χ2n) is 11.2. The van der Waals surface area contributed by atoms with Gasteiger partial charge in [0, 0.05) is 13.1 Å². The molecule has 0 radical (unpaired) electrons. The van der Waals surface area contributed by atoms with Crippen LogP contribution in [-0.4, -0.2) is 72.3 Å². The number of nitrogens with zero attached hydrogens (tertiary/aromatic N) is 1. The van der Waals surface area contributed by atoms with Gasteiger partial charge < -0.3 is 25.6 Å². The van der Waals surface area contributed by atoms with Crippen LogP contribution in [0.5, 0.6) is 0 Å². The fourth-order valence-corrected chi connectivity index (χ4v) is 6.19. The van der Waals surface area contributed by atoms with E-state index in [4.69, 9.17) is 4.74 Å². The highest BCUT2D eigenvalue weighted by molar-refractivity contribution is 6.38. The van der Waals surface area contributed by atoms with E-state index in [1.165, 1.54) is 12.2 Å². The molecule has 10 heteroatoms. The van der Waals surface area contributed by atoms with Crippen molar-refractivity contribution in [2.75, 3.05) is 19.7 Å². The lowest BCUT2D eigenvalue weighted by atomic mass is 9.94. The molecule has 2 aliphatic carbocycles. The van der Waals surface area contributed by atoms with Crippen LogP contribution in [0.25, 0.3) is 0 Å². The number of nitrogens with one attached hydrogen (secondary N) is 3. The fourth-order valence-electron chi connectivity index (χ4n) is 6.19. The minimum absolute atomic E-state index is 0.0255. The molecule has 2 saturated carbocycles. The van der Waals surface area contributed by atoms with E-state index in [0.29, 0.717) is 19.4 Å². The highest BCUT2D eigenvalue weighted by atomic mass is 16.5. The number of Topliss-reactive ketones (excluding diaryl/α,β-unsaturated/α-hetero) is 1. The maximum Gasteiger partial charge on any atom is 0.408 e. The van der Waals surface area contributed by atoms with Crippen LogP contribution in [0.4, 0.5) is 4.79 Å². The monoisotopic (exact) mass is 530 g/mol. The molecule has 3 aliphatic rings. The molecule has 10 nitrogen and oxygen atoms in total. The molecule has 4 amide bonds. The normalized spacial score (nSPS) is 24.9. The van der Waals surface area contributed by atoms with Gasteiger partial charge in [0.25, 0.3) is 5.91 Å². The van der Waals surface area contributed by atoms with Crippen LogP contribution >= 0.6 is 0 Å². The van der Waals surface area contributed by atoms with Gasteiger partial charge in [0.2, 0.25) is 17.6 Å². The first-order valence-corrected chi connectivity index (χ1v) is 13.7. The summed E-state index contributed by atoms with van der Waals surface area (Å²) in [6, 6.07) is -2.59. The lowest BCUT2D eigenvalue weighted by Gasteiger charge is -2.35. The first-order chi connectivity index (χ1) is 18.1. The van der Waals surface area contributed by atoms with Gasteiger partial charge >= 0.3 is 6.09 Å². The van der Waals surface area contributed by atoms with Gasteiger partial charge in [-0.15, -0.1) is 6.58 Å². The van der Waals surface area contributed by atoms with Crippen molar-refractivity contribution >= 4 is 29.6 Å². The smallest absolute Gasteiger partial charge is 0.408 e. The van der Waals surface area contributed by atoms with Crippen molar-refractivity contribution in [2.45, 2.75) is 77.4 Å². The number of fused-ring (bicyclic) bond motifs is 1. The number of hydrogen-bond donors (Lipinski definition) is 3. The third-order valence-electron chi connectivity index (χ3n) is 8.34. The van der Waals surface area contributed by atoms with Gasteiger partial charge in [0.05, 0.1) is 6.04 Å². The van der Waals surface area contributed by atoms with Gasteiger partial charge in [0.1, 0.15) is 18.7 Å². The third kappa shape index (κ3) is 6.27. The van der Waals surface area contributed by atoms with E-state index < -0.39 is 41.8 Å². The zero-order valence-electron chi connectivity index (χ0n) is 22.8. The molecule has 210 valence electrons. The molecule has 0 aromatic rings. The number of carbonyl (C=O) groups is 5. The lowest BCUT2D eigenvalue weighted by Crippen LogP contribution is -2.59. The predicted octanol–water partition coefficient (Wildman–Crippen LogP) is 2.10. The number of hydrogen-bond acceptors (Lipinski definition) is 6. The average molecular weight is 531 g/mol. The van der Waals surface area contributed by atoms with Crippen molar-refractivity contribution in [1.29, 1.82) is 0 Å². The van der Waals surface area contributed by atoms with Crippen molar-refractivity contribution in [3.8, 4) is 0 Å². The van der Waals surface area contributed by atoms with E-state index >= 15 is 0 Å². The average Bonchev–Trinajstić information content (AvgIpc) is 3.35. The summed E-state index contributed by atoms with van der Waals surface area (Å²) in [5.74, 6) is -2.24. The Morgan fingerprint density at radius 1 is 1.08 bits per heavy atom. The Labute approximate surface area is 225 Å². The zero-order chi connectivity index (χ0) is 28.0. The predicted molar refractivity (Wildman–Crippen MR) is 142 cm³/mol. The van der Waals surface area contributed by atoms with Gasteiger partial charge in [-0.3, -0.25) is 19.2 Å². The van der Waals surface area contributed by atoms with Crippen molar-refractivity contribution in [3.05, 3.63) is 25.3 Å². The maximum atomic E-state index is 13.9. The van der Waals surface area contributed by atoms with E-state index in [-0.39, 0.29) is 42.2 Å². The Morgan fingerprint density at radius 3 is 2.37 bits per heavy atom. The summed E-state index contributed by atoms with van der Waals surface area (Å²) in [4.78, 5) is 66.7. The van der Waals surface area contributed by atoms with Crippen molar-refractivity contribution in [2.24, 2.45) is 23.2 Å². The number of ketones is 1. The Balaban J connectivity index is 1.81. The molecule has 3 N–H and O–H groups in total. The number of likely N-dealkylation sites (tertiary alicyclic amines) is 1. The number of carbonyl (C=O) groups excluding carboxylic acids is 5. The molecule has 5 atom stereocenters. The first-order valence-electron chi connectivity index (χ1n) is 13.7. The van der Waals surface area contributed by atoms with Crippen LogP contribution in [0.3, 0.4) is 0 Å². The Bertz CT molecular complexity index is 957. The molecule has 3 fully saturated rings. The zero-order valence-corrected chi connectivity index (χ0v) is 22.8. The van der Waals surface area contributed by atoms with E-state index in [1.807, 2.05) is 6.92 Å². The highest BCUT2D eigenvalue weighted by Crippen LogP contribution is 2.65. The van der Waals surface area contributed by atoms with Gasteiger partial charge in [-0.2, -0.15) is 0 Å². The molecule has 0 aromatic heterocycles. The van der Waals surface area contributed by atoms with Crippen LogP contribution in [0.15, 0.2) is 25.3 Å². The van der Waals surface area contributed by atoms with E-state index in [2.05, 4.69) is 43.0 Å². The Hall–Kier alpha value is -3.17. The van der Waals surface area contributed by atoms with Crippen LogP contribution in [-0.2, 0) is 23.9 Å². The molecule has 38 heavy (non-hydrogen) atoms. The van der Waals surface area contributed by atoms with Gasteiger partial charge in [-0.1, -0.05) is 58.8 Å². The summed E-state index contributed by atoms with van der Waals surface area (Å²) < 4.78 is 5.09. The quantitative estimate of drug-likeness (QED) is 0.247. The molecule has 5 unspecified atom stereocenters. The molecule has 3 rings (SSSR count). The minimum Gasteiger partial charge on any atom is -0.445 e. The highest BCUT2D eigenvalue weighted by Gasteiger charge is 2.69. The lowest BCUT2D eigenvalue weighted by molar-refractivity contribution is -0.144. The standard InChI is InChI=1S/C28H42N4O6/c1-6-11-19(23(33)25(35)29-14-7-2)30-24(34)22-20-18(28(20,4)5)16-32(22)26(36)21(17-12-9-10-13-17)31-27(37)38-15-8-3/h7-8,17-22H,2-3,6,9-16H2,1,4-5H3,(H,29,35)(H,30,34)(H,31,37). The summed E-state index contributed by atoms with van der Waals surface area (Å²) in [7, 11) is 0. The Morgan fingerprint density at radius 2 is 1.76 bits per heavy atom. The molecule has 0 spiro atoms. The maximum absolute atomic E-state index is 13.9. The molecule has 0 aromatic carbocycles. The van der Waals surface area contributed by atoms with Crippen LogP contribution in [0, 0.1) is 23.2 Å². The first kappa shape index (κ1) is 29.4. The second kappa shape index (κ2) is 12.6. The second-order valence-corrected chi connectivity index (χ2v) is 11.2. The van der Waals surface area contributed by atoms with Crippen LogP contribution in [0.1, 0.15) is 59.3 Å². The molecule has 0 bridgehead atoms. The molecule has 1 saturated heterocycles. The van der Waals surface area contributed by atoms with Gasteiger partial charge in [0.15, 0.2) is 0 Å². The topological polar surface area (TPSA) is 134 Å². The van der Waals surface area contributed by atoms with Crippen LogP contribution < -0.4 is 16.0 Å². The minimum atomic E-state index is -0.993. The molecule has 1 heterocycles. The fraction of sp³-hybridized carbons (Fsp3) is 0.679. The summed E-state index contributed by atoms with van der Waals surface area (Å²) >= 11 is 0. The van der Waals surface area contributed by atoms with Crippen molar-refractivity contribution < 1.29 is 28.7 Å². The van der Waals surface area contributed by atoms with E-state index in [9.17, 15) is 24.0 Å². The third-order valence-corrected chi connectivity index (χ3v) is 8.34. The summed E-state index contributed by atoms with van der Waals surface area (Å²) in [5.41, 5.74) is -0.135. The Kier molecular flexibility index (Phi) is 9.73. The summed E-state index contributed by atoms with van der Waals surface area (Å²) in [6.07, 6.45) is 6.64. The van der Waals surface area contributed by atoms with E-state index in [0.717, 1.165) is 25.7 Å².